The van der Waals surface area contributed by atoms with Gasteiger partial charge in [0, 0.05) is 26.6 Å². The second-order valence-electron chi connectivity index (χ2n) is 15.1. The number of benzene rings is 1. The molecule has 2 amide bonds. The predicted molar refractivity (Wildman–Crippen MR) is 177 cm³/mol. The normalized spacial score (nSPS) is 16.2. The highest BCUT2D eigenvalue weighted by molar-refractivity contribution is 6.76. The second-order valence-corrected chi connectivity index (χ2v) is 25.5. The molecule has 0 aliphatic carbocycles. The van der Waals surface area contributed by atoms with Gasteiger partial charge in [0.2, 0.25) is 5.91 Å². The molecule has 1 aromatic heterocycles. The van der Waals surface area contributed by atoms with E-state index in [-0.39, 0.29) is 25.7 Å². The molecule has 0 fully saturated rings. The number of nitrogens with zero attached hydrogens (tertiary/aromatic N) is 2. The fourth-order valence-electron chi connectivity index (χ4n) is 5.18. The van der Waals surface area contributed by atoms with Crippen LogP contribution in [0.5, 0.6) is 5.75 Å². The average Bonchev–Trinajstić information content (AvgIpc) is 3.21. The zero-order valence-electron chi connectivity index (χ0n) is 28.8. The number of methoxy groups -OCH3 is 1. The van der Waals surface area contributed by atoms with Gasteiger partial charge in [-0.25, -0.2) is 0 Å². The van der Waals surface area contributed by atoms with E-state index in [1.54, 1.807) is 34.1 Å². The van der Waals surface area contributed by atoms with E-state index in [0.29, 0.717) is 24.5 Å². The zero-order chi connectivity index (χ0) is 34.1. The molecule has 0 saturated heterocycles. The Kier molecular flexibility index (Phi) is 11.4. The molecule has 0 bridgehead atoms. The summed E-state index contributed by atoms with van der Waals surface area (Å²) in [5.41, 5.74) is 2.10. The number of hydrogen-bond acceptors (Lipinski definition) is 5. The van der Waals surface area contributed by atoms with Crippen LogP contribution in [0.15, 0.2) is 18.2 Å². The van der Waals surface area contributed by atoms with Crippen LogP contribution in [0.1, 0.15) is 50.7 Å². The second kappa shape index (κ2) is 13.8. The SMILES string of the molecule is COc1ccc2c(c1)c1c(n2COCC[Si](C)(C)C)C(=O)N(CC(=O)NC(C(C)C)C(O[Si](C)(C)C(C)(C)C)C(F)(F)F)CC1. The van der Waals surface area contributed by atoms with Crippen molar-refractivity contribution in [2.45, 2.75) is 110 Å². The molecule has 2 aromatic rings. The summed E-state index contributed by atoms with van der Waals surface area (Å²) in [4.78, 5) is 28.7. The molecule has 1 aromatic carbocycles. The van der Waals surface area contributed by atoms with E-state index in [1.165, 1.54) is 4.90 Å². The van der Waals surface area contributed by atoms with Gasteiger partial charge in [-0.05, 0) is 60.3 Å². The van der Waals surface area contributed by atoms with Gasteiger partial charge < -0.3 is 28.7 Å². The van der Waals surface area contributed by atoms with Gasteiger partial charge in [0.1, 0.15) is 18.2 Å². The van der Waals surface area contributed by atoms with E-state index < -0.39 is 51.6 Å². The van der Waals surface area contributed by atoms with Crippen molar-refractivity contribution in [2.75, 3.05) is 26.8 Å². The summed E-state index contributed by atoms with van der Waals surface area (Å²) < 4.78 is 62.5. The summed E-state index contributed by atoms with van der Waals surface area (Å²) in [6, 6.07) is 5.27. The minimum absolute atomic E-state index is 0.169. The molecule has 2 heterocycles. The van der Waals surface area contributed by atoms with E-state index in [4.69, 9.17) is 13.9 Å². The zero-order valence-corrected chi connectivity index (χ0v) is 30.8. The number of nitrogens with one attached hydrogen (secondary N) is 1. The molecule has 0 radical (unpaired) electrons. The number of hydrogen-bond donors (Lipinski definition) is 1. The molecular formula is C32H52F3N3O5Si2. The molecule has 3 rings (SSSR count). The van der Waals surface area contributed by atoms with Gasteiger partial charge in [0.25, 0.3) is 5.91 Å². The first kappa shape index (κ1) is 37.1. The number of amides is 2. The van der Waals surface area contributed by atoms with Crippen molar-refractivity contribution in [2.24, 2.45) is 5.92 Å². The lowest BCUT2D eigenvalue weighted by Crippen LogP contribution is -2.60. The predicted octanol–water partition coefficient (Wildman–Crippen LogP) is 7.05. The number of rotatable bonds is 13. The lowest BCUT2D eigenvalue weighted by molar-refractivity contribution is -0.210. The molecule has 2 unspecified atom stereocenters. The van der Waals surface area contributed by atoms with Crippen LogP contribution in [0.2, 0.25) is 43.8 Å². The summed E-state index contributed by atoms with van der Waals surface area (Å²) in [5, 5.41) is 3.02. The van der Waals surface area contributed by atoms with Crippen molar-refractivity contribution in [1.29, 1.82) is 0 Å². The molecule has 8 nitrogen and oxygen atoms in total. The Labute approximate surface area is 268 Å². The molecule has 1 N–H and O–H groups in total. The third-order valence-corrected chi connectivity index (χ3v) is 15.1. The molecule has 1 aliphatic rings. The van der Waals surface area contributed by atoms with Gasteiger partial charge >= 0.3 is 6.18 Å². The standard InChI is InChI=1S/C32H52F3N3O5Si2/c1-21(2)27(29(32(33,34)35)43-45(10,11)31(3,4)5)36-26(39)19-37-15-14-23-24-18-22(41-6)12-13-25(24)38(28(23)30(37)40)20-42-16-17-44(7,8)9/h12-13,18,21,27,29H,14-17,19-20H2,1-11H3,(H,36,39). The maximum atomic E-state index is 14.4. The minimum Gasteiger partial charge on any atom is -0.497 e. The summed E-state index contributed by atoms with van der Waals surface area (Å²) in [7, 11) is -2.59. The van der Waals surface area contributed by atoms with Crippen LogP contribution in [0.3, 0.4) is 0 Å². The van der Waals surface area contributed by atoms with Crippen molar-refractivity contribution in [1.82, 2.24) is 14.8 Å². The number of aromatic nitrogens is 1. The largest absolute Gasteiger partial charge is 0.497 e. The number of alkyl halides is 3. The van der Waals surface area contributed by atoms with Gasteiger partial charge in [-0.3, -0.25) is 9.59 Å². The van der Waals surface area contributed by atoms with Crippen LogP contribution < -0.4 is 10.1 Å². The Morgan fingerprint density at radius 1 is 1.09 bits per heavy atom. The third kappa shape index (κ3) is 8.92. The van der Waals surface area contributed by atoms with Crippen LogP contribution in [-0.4, -0.2) is 82.8 Å². The molecule has 254 valence electrons. The summed E-state index contributed by atoms with van der Waals surface area (Å²) in [6.07, 6.45) is -6.38. The van der Waals surface area contributed by atoms with Gasteiger partial charge in [-0.15, -0.1) is 0 Å². The number of carbonyl (C=O) groups excluding carboxylic acids is 2. The molecule has 2 atom stereocenters. The Balaban J connectivity index is 1.87. The van der Waals surface area contributed by atoms with Crippen molar-refractivity contribution in [3.8, 4) is 5.75 Å². The summed E-state index contributed by atoms with van der Waals surface area (Å²) in [5.74, 6) is -0.925. The molecular weight excluding hydrogens is 620 g/mol. The first-order valence-electron chi connectivity index (χ1n) is 15.7. The highest BCUT2D eigenvalue weighted by Gasteiger charge is 2.52. The van der Waals surface area contributed by atoms with Crippen LogP contribution >= 0.6 is 0 Å². The quantitative estimate of drug-likeness (QED) is 0.182. The van der Waals surface area contributed by atoms with E-state index >= 15 is 0 Å². The van der Waals surface area contributed by atoms with Crippen molar-refractivity contribution < 1.29 is 36.7 Å². The Morgan fingerprint density at radius 2 is 1.73 bits per heavy atom. The fourth-order valence-corrected chi connectivity index (χ4v) is 7.21. The molecule has 1 aliphatic heterocycles. The number of halogens is 3. The first-order chi connectivity index (χ1) is 20.6. The lowest BCUT2D eigenvalue weighted by Gasteiger charge is -2.43. The topological polar surface area (TPSA) is 82.0 Å². The van der Waals surface area contributed by atoms with Crippen molar-refractivity contribution >= 4 is 39.1 Å². The molecule has 0 saturated carbocycles. The van der Waals surface area contributed by atoms with Crippen LogP contribution in [0, 0.1) is 5.92 Å². The third-order valence-electron chi connectivity index (χ3n) is 8.97. The van der Waals surface area contributed by atoms with E-state index in [9.17, 15) is 22.8 Å². The van der Waals surface area contributed by atoms with E-state index in [2.05, 4.69) is 25.0 Å². The fraction of sp³-hybridized carbons (Fsp3) is 0.688. The first-order valence-corrected chi connectivity index (χ1v) is 22.3. The maximum absolute atomic E-state index is 14.4. The highest BCUT2D eigenvalue weighted by Crippen LogP contribution is 2.41. The lowest BCUT2D eigenvalue weighted by atomic mass is 9.98. The Morgan fingerprint density at radius 3 is 2.27 bits per heavy atom. The number of ether oxygens (including phenoxy) is 2. The Bertz CT molecular complexity index is 1360. The molecule has 13 heteroatoms. The van der Waals surface area contributed by atoms with Crippen molar-refractivity contribution in [3.05, 3.63) is 29.5 Å². The number of carbonyl (C=O) groups is 2. The minimum atomic E-state index is -4.69. The van der Waals surface area contributed by atoms with Gasteiger partial charge in [-0.1, -0.05) is 54.3 Å². The van der Waals surface area contributed by atoms with Crippen molar-refractivity contribution in [3.63, 3.8) is 0 Å². The van der Waals surface area contributed by atoms with Crippen LogP contribution in [0.25, 0.3) is 10.9 Å². The Hall–Kier alpha value is -2.36. The number of fused-ring (bicyclic) bond motifs is 3. The summed E-state index contributed by atoms with van der Waals surface area (Å²) in [6.45, 7) is 19.8. The van der Waals surface area contributed by atoms with Gasteiger partial charge in [0.05, 0.1) is 25.2 Å². The van der Waals surface area contributed by atoms with E-state index in [0.717, 1.165) is 22.5 Å². The maximum Gasteiger partial charge on any atom is 0.415 e. The molecule has 45 heavy (non-hydrogen) atoms. The van der Waals surface area contributed by atoms with Crippen LogP contribution in [-0.2, 0) is 27.1 Å². The average molecular weight is 672 g/mol. The van der Waals surface area contributed by atoms with E-state index in [1.807, 2.05) is 43.5 Å². The smallest absolute Gasteiger partial charge is 0.415 e. The highest BCUT2D eigenvalue weighted by atomic mass is 28.4. The monoisotopic (exact) mass is 671 g/mol. The van der Waals surface area contributed by atoms with Gasteiger partial charge in [0.15, 0.2) is 14.4 Å². The van der Waals surface area contributed by atoms with Gasteiger partial charge in [-0.2, -0.15) is 13.2 Å². The summed E-state index contributed by atoms with van der Waals surface area (Å²) >= 11 is 0. The van der Waals surface area contributed by atoms with Crippen LogP contribution in [0.4, 0.5) is 13.2 Å². The molecule has 0 spiro atoms.